The second-order valence-electron chi connectivity index (χ2n) is 4.94. The number of carboxylic acid groups (broad SMARTS) is 1. The van der Waals surface area contributed by atoms with Crippen LogP contribution in [0, 0.1) is 5.82 Å². The maximum atomic E-state index is 13.3. The van der Waals surface area contributed by atoms with Crippen LogP contribution in [0.5, 0.6) is 0 Å². The molecule has 0 unspecified atom stereocenters. The number of benzene rings is 1. The zero-order valence-electron chi connectivity index (χ0n) is 11.1. The Morgan fingerprint density at radius 1 is 1.45 bits per heavy atom. The Kier molecular flexibility index (Phi) is 4.87. The topological polar surface area (TPSA) is 60.8 Å². The van der Waals surface area contributed by atoms with Gasteiger partial charge in [0.2, 0.25) is 0 Å². The molecule has 0 spiro atoms. The van der Waals surface area contributed by atoms with Crippen LogP contribution in [-0.2, 0) is 11.3 Å². The monoisotopic (exact) mass is 279 g/mol. The molecule has 4 nitrogen and oxygen atoms in total. The first-order chi connectivity index (χ1) is 9.60. The molecule has 5 heteroatoms. The SMILES string of the molecule is O=C(O)C=Cc1cc(F)ccc1CN(CCO)C1CC1. The van der Waals surface area contributed by atoms with E-state index in [1.807, 2.05) is 0 Å². The van der Waals surface area contributed by atoms with E-state index in [1.165, 1.54) is 18.2 Å². The molecular formula is C15H18FNO3. The summed E-state index contributed by atoms with van der Waals surface area (Å²) in [5.74, 6) is -1.45. The van der Waals surface area contributed by atoms with Gasteiger partial charge in [-0.25, -0.2) is 9.18 Å². The summed E-state index contributed by atoms with van der Waals surface area (Å²) in [5.41, 5.74) is 1.43. The summed E-state index contributed by atoms with van der Waals surface area (Å²) >= 11 is 0. The van der Waals surface area contributed by atoms with Gasteiger partial charge in [-0.15, -0.1) is 0 Å². The number of carbonyl (C=O) groups is 1. The first-order valence-corrected chi connectivity index (χ1v) is 6.64. The van der Waals surface area contributed by atoms with Gasteiger partial charge in [0.15, 0.2) is 0 Å². The van der Waals surface area contributed by atoms with Crippen LogP contribution >= 0.6 is 0 Å². The van der Waals surface area contributed by atoms with Gasteiger partial charge in [-0.2, -0.15) is 0 Å². The number of aliphatic carboxylic acids is 1. The van der Waals surface area contributed by atoms with E-state index in [1.54, 1.807) is 6.07 Å². The van der Waals surface area contributed by atoms with Crippen molar-refractivity contribution in [2.45, 2.75) is 25.4 Å². The van der Waals surface area contributed by atoms with E-state index in [2.05, 4.69) is 4.90 Å². The van der Waals surface area contributed by atoms with Gasteiger partial charge in [-0.3, -0.25) is 4.90 Å². The third-order valence-electron chi connectivity index (χ3n) is 3.34. The Labute approximate surface area is 117 Å². The van der Waals surface area contributed by atoms with Gasteiger partial charge in [0.1, 0.15) is 5.82 Å². The number of hydrogen-bond donors (Lipinski definition) is 2. The summed E-state index contributed by atoms with van der Waals surface area (Å²) in [6.45, 7) is 1.24. The quantitative estimate of drug-likeness (QED) is 0.748. The molecule has 1 aliphatic carbocycles. The average Bonchev–Trinajstić information content (AvgIpc) is 3.22. The van der Waals surface area contributed by atoms with Crippen LogP contribution in [0.25, 0.3) is 6.08 Å². The Morgan fingerprint density at radius 2 is 2.20 bits per heavy atom. The van der Waals surface area contributed by atoms with Crippen LogP contribution in [0.2, 0.25) is 0 Å². The van der Waals surface area contributed by atoms with E-state index in [4.69, 9.17) is 10.2 Å². The van der Waals surface area contributed by atoms with Gasteiger partial charge in [-0.1, -0.05) is 6.07 Å². The maximum Gasteiger partial charge on any atom is 0.328 e. The van der Waals surface area contributed by atoms with Crippen LogP contribution in [0.15, 0.2) is 24.3 Å². The largest absolute Gasteiger partial charge is 0.478 e. The van der Waals surface area contributed by atoms with Crippen LogP contribution < -0.4 is 0 Å². The molecule has 2 rings (SSSR count). The van der Waals surface area contributed by atoms with E-state index in [0.29, 0.717) is 24.7 Å². The predicted octanol–water partition coefficient (Wildman–Crippen LogP) is 1.88. The third kappa shape index (κ3) is 4.15. The third-order valence-corrected chi connectivity index (χ3v) is 3.34. The van der Waals surface area contributed by atoms with Gasteiger partial charge in [0.25, 0.3) is 0 Å². The van der Waals surface area contributed by atoms with E-state index >= 15 is 0 Å². The number of carboxylic acids is 1. The normalized spacial score (nSPS) is 15.2. The molecule has 0 aliphatic heterocycles. The highest BCUT2D eigenvalue weighted by atomic mass is 19.1. The van der Waals surface area contributed by atoms with Crippen LogP contribution in [0.3, 0.4) is 0 Å². The van der Waals surface area contributed by atoms with Crippen molar-refractivity contribution in [1.29, 1.82) is 0 Å². The van der Waals surface area contributed by atoms with Crippen molar-refractivity contribution in [3.8, 4) is 0 Å². The van der Waals surface area contributed by atoms with E-state index < -0.39 is 5.97 Å². The second-order valence-corrected chi connectivity index (χ2v) is 4.94. The average molecular weight is 279 g/mol. The van der Waals surface area contributed by atoms with Crippen molar-refractivity contribution in [2.24, 2.45) is 0 Å². The Hall–Kier alpha value is -1.72. The molecule has 0 heterocycles. The molecule has 0 bridgehead atoms. The van der Waals surface area contributed by atoms with Crippen molar-refractivity contribution < 1.29 is 19.4 Å². The number of hydrogen-bond acceptors (Lipinski definition) is 3. The van der Waals surface area contributed by atoms with Crippen molar-refractivity contribution >= 4 is 12.0 Å². The smallest absolute Gasteiger partial charge is 0.328 e. The molecular weight excluding hydrogens is 261 g/mol. The molecule has 0 saturated heterocycles. The summed E-state index contributed by atoms with van der Waals surface area (Å²) in [7, 11) is 0. The molecule has 20 heavy (non-hydrogen) atoms. The fourth-order valence-corrected chi connectivity index (χ4v) is 2.20. The highest BCUT2D eigenvalue weighted by molar-refractivity contribution is 5.85. The Balaban J connectivity index is 2.18. The summed E-state index contributed by atoms with van der Waals surface area (Å²) in [6.07, 6.45) is 4.64. The lowest BCUT2D eigenvalue weighted by atomic mass is 10.1. The summed E-state index contributed by atoms with van der Waals surface area (Å²) in [6, 6.07) is 4.85. The molecule has 108 valence electrons. The zero-order valence-corrected chi connectivity index (χ0v) is 11.1. The lowest BCUT2D eigenvalue weighted by Crippen LogP contribution is -2.28. The second kappa shape index (κ2) is 6.63. The van der Waals surface area contributed by atoms with Gasteiger partial charge in [0.05, 0.1) is 6.61 Å². The molecule has 1 aromatic carbocycles. The van der Waals surface area contributed by atoms with Crippen molar-refractivity contribution in [1.82, 2.24) is 4.90 Å². The van der Waals surface area contributed by atoms with E-state index in [9.17, 15) is 9.18 Å². The molecule has 0 amide bonds. The fraction of sp³-hybridized carbons (Fsp3) is 0.400. The summed E-state index contributed by atoms with van der Waals surface area (Å²) in [4.78, 5) is 12.7. The Bertz CT molecular complexity index is 512. The van der Waals surface area contributed by atoms with Gasteiger partial charge < -0.3 is 10.2 Å². The highest BCUT2D eigenvalue weighted by Gasteiger charge is 2.28. The van der Waals surface area contributed by atoms with Gasteiger partial charge in [-0.05, 0) is 42.2 Å². The highest BCUT2D eigenvalue weighted by Crippen LogP contribution is 2.28. The molecule has 2 N–H and O–H groups in total. The Morgan fingerprint density at radius 3 is 2.80 bits per heavy atom. The fourth-order valence-electron chi connectivity index (χ4n) is 2.20. The van der Waals surface area contributed by atoms with Crippen molar-refractivity contribution in [2.75, 3.05) is 13.2 Å². The van der Waals surface area contributed by atoms with Gasteiger partial charge in [0, 0.05) is 25.2 Å². The van der Waals surface area contributed by atoms with Crippen molar-refractivity contribution in [3.05, 3.63) is 41.2 Å². The number of nitrogens with zero attached hydrogens (tertiary/aromatic N) is 1. The van der Waals surface area contributed by atoms with Gasteiger partial charge >= 0.3 is 5.97 Å². The van der Waals surface area contributed by atoms with Crippen LogP contribution in [-0.4, -0.2) is 40.3 Å². The van der Waals surface area contributed by atoms with Crippen LogP contribution in [0.4, 0.5) is 4.39 Å². The molecule has 0 radical (unpaired) electrons. The van der Waals surface area contributed by atoms with Crippen LogP contribution in [0.1, 0.15) is 24.0 Å². The number of halogens is 1. The zero-order chi connectivity index (χ0) is 14.5. The lowest BCUT2D eigenvalue weighted by molar-refractivity contribution is -0.131. The lowest BCUT2D eigenvalue weighted by Gasteiger charge is -2.22. The van der Waals surface area contributed by atoms with E-state index in [-0.39, 0.29) is 12.4 Å². The molecule has 0 atom stereocenters. The molecule has 1 aliphatic rings. The van der Waals surface area contributed by atoms with E-state index in [0.717, 1.165) is 24.5 Å². The number of aliphatic hydroxyl groups excluding tert-OH is 1. The molecule has 1 saturated carbocycles. The minimum atomic E-state index is -1.06. The first kappa shape index (κ1) is 14.7. The molecule has 1 fully saturated rings. The molecule has 1 aromatic rings. The maximum absolute atomic E-state index is 13.3. The minimum absolute atomic E-state index is 0.0813. The standard InChI is InChI=1S/C15H18FNO3/c16-13-3-1-12(11(9-13)2-6-15(19)20)10-17(7-8-18)14-4-5-14/h1-3,6,9,14,18H,4-5,7-8,10H2,(H,19,20). The summed E-state index contributed by atoms with van der Waals surface area (Å²) < 4.78 is 13.3. The number of rotatable bonds is 7. The predicted molar refractivity (Wildman–Crippen MR) is 73.6 cm³/mol. The minimum Gasteiger partial charge on any atom is -0.478 e. The molecule has 0 aromatic heterocycles. The van der Waals surface area contributed by atoms with Crippen molar-refractivity contribution in [3.63, 3.8) is 0 Å². The first-order valence-electron chi connectivity index (χ1n) is 6.64. The number of aliphatic hydroxyl groups is 1. The summed E-state index contributed by atoms with van der Waals surface area (Å²) in [5, 5.41) is 17.8.